The number of para-hydroxylation sites is 1. The summed E-state index contributed by atoms with van der Waals surface area (Å²) < 4.78 is 11.7. The monoisotopic (exact) mass is 750 g/mol. The van der Waals surface area contributed by atoms with E-state index in [-0.39, 0.29) is 12.0 Å². The van der Waals surface area contributed by atoms with Crippen LogP contribution in [0.5, 0.6) is 0 Å². The predicted octanol–water partition coefficient (Wildman–Crippen LogP) is 5.14. The minimum atomic E-state index is -2.16. The number of ether oxygens (including phenoxy) is 2. The van der Waals surface area contributed by atoms with E-state index in [9.17, 15) is 19.8 Å². The summed E-state index contributed by atoms with van der Waals surface area (Å²) in [6.45, 7) is 14.2. The molecule has 1 saturated carbocycles. The molecule has 2 saturated heterocycles. The second-order valence-electron chi connectivity index (χ2n) is 18.3. The lowest BCUT2D eigenvalue weighted by atomic mass is 9.47. The summed E-state index contributed by atoms with van der Waals surface area (Å²) >= 11 is 0. The fourth-order valence-electron chi connectivity index (χ4n) is 13.5. The summed E-state index contributed by atoms with van der Waals surface area (Å²) in [5, 5.41) is 26.4. The number of carbonyl (C=O) groups excluding carboxylic acids is 2. The molecule has 6 aliphatic rings. The number of carbonyl (C=O) groups is 2. The molecule has 10 heteroatoms. The van der Waals surface area contributed by atoms with Gasteiger partial charge in [-0.05, 0) is 99.2 Å². The van der Waals surface area contributed by atoms with Crippen LogP contribution in [0, 0.1) is 18.3 Å². The van der Waals surface area contributed by atoms with Crippen LogP contribution >= 0.6 is 0 Å². The van der Waals surface area contributed by atoms with Crippen molar-refractivity contribution in [1.82, 2.24) is 14.8 Å². The number of rotatable bonds is 5. The molecule has 2 unspecified atom stereocenters. The number of aliphatic hydroxyl groups is 2. The van der Waals surface area contributed by atoms with Gasteiger partial charge >= 0.3 is 11.9 Å². The number of piperidine rings is 1. The van der Waals surface area contributed by atoms with Gasteiger partial charge in [0.15, 0.2) is 6.10 Å². The van der Waals surface area contributed by atoms with Crippen molar-refractivity contribution in [3.8, 4) is 0 Å². The molecule has 3 N–H and O–H groups in total. The van der Waals surface area contributed by atoms with Crippen LogP contribution < -0.4 is 4.90 Å². The fourth-order valence-corrected chi connectivity index (χ4v) is 13.5. The zero-order chi connectivity index (χ0) is 38.9. The van der Waals surface area contributed by atoms with E-state index in [0.29, 0.717) is 13.0 Å². The van der Waals surface area contributed by atoms with E-state index < -0.39 is 51.5 Å². The van der Waals surface area contributed by atoms with Crippen LogP contribution in [0.15, 0.2) is 48.6 Å². The zero-order valence-electron chi connectivity index (χ0n) is 33.6. The SMILES string of the molecule is CC[C@]1(O)C[C@@H]2CN(CCc3c([nH]c4ccccc34)[C@@](C)(c3cc4c(cc3C)N(C)[C@H]3C(O)(C(=O)OC)[C@H](OC(C)=O)[C@]5(CC)C=CCN6CC[C@]43[C@@H]65)C2)C1. The standard InChI is InChI=1S/C45H58N4O6/c1-8-42(52)24-29-23-41(5,36-31(15-19-48(25-29)26-42)30-13-10-11-14-34(30)46-36)32-22-33-35(21-27(32)3)47(6)38-44(33)17-20-49-18-12-16-43(9-2,37(44)49)39(55-28(4)50)45(38,53)40(51)54-7/h10-14,16,21-22,29,37-39,46,52-53H,8-9,15,17-20,23-26H2,1-7H3/t29-,37+,38-,39-,41-,42+,43-,44-,45?/m1/s1. The Kier molecular flexibility index (Phi) is 8.32. The first-order valence-corrected chi connectivity index (χ1v) is 20.5. The number of hydrogen-bond acceptors (Lipinski definition) is 9. The van der Waals surface area contributed by atoms with Crippen molar-refractivity contribution in [2.45, 2.75) is 113 Å². The summed E-state index contributed by atoms with van der Waals surface area (Å²) in [5.41, 5.74) is 3.36. The number of aryl methyl sites for hydroxylation is 1. The minimum Gasteiger partial charge on any atom is -0.467 e. The van der Waals surface area contributed by atoms with E-state index in [1.54, 1.807) is 0 Å². The maximum absolute atomic E-state index is 14.3. The number of hydrogen-bond donors (Lipinski definition) is 3. The van der Waals surface area contributed by atoms with E-state index >= 15 is 0 Å². The second kappa shape index (κ2) is 12.4. The highest BCUT2D eigenvalue weighted by atomic mass is 16.6. The minimum absolute atomic E-state index is 0.142. The number of H-pyrrole nitrogens is 1. The number of aromatic nitrogens is 1. The van der Waals surface area contributed by atoms with Gasteiger partial charge in [0, 0.05) is 84.7 Å². The Morgan fingerprint density at radius 2 is 1.82 bits per heavy atom. The van der Waals surface area contributed by atoms with Gasteiger partial charge in [-0.15, -0.1) is 0 Å². The van der Waals surface area contributed by atoms with Crippen LogP contribution in [0.3, 0.4) is 0 Å². The van der Waals surface area contributed by atoms with Crippen LogP contribution in [-0.2, 0) is 36.3 Å². The molecule has 2 aromatic carbocycles. The molecule has 10 nitrogen and oxygen atoms in total. The number of aromatic amines is 1. The van der Waals surface area contributed by atoms with Gasteiger partial charge in [-0.3, -0.25) is 14.6 Å². The maximum atomic E-state index is 14.3. The highest BCUT2D eigenvalue weighted by Gasteiger charge is 2.80. The Hall–Kier alpha value is -3.70. The van der Waals surface area contributed by atoms with Crippen molar-refractivity contribution in [3.63, 3.8) is 0 Å². The predicted molar refractivity (Wildman–Crippen MR) is 212 cm³/mol. The first-order chi connectivity index (χ1) is 26.2. The fraction of sp³-hybridized carbons (Fsp3) is 0.600. The summed E-state index contributed by atoms with van der Waals surface area (Å²) in [7, 11) is 3.29. The molecule has 1 aromatic heterocycles. The topological polar surface area (TPSA) is 119 Å². The summed E-state index contributed by atoms with van der Waals surface area (Å²) in [4.78, 5) is 38.3. The molecule has 294 valence electrons. The zero-order valence-corrected chi connectivity index (χ0v) is 33.6. The van der Waals surface area contributed by atoms with Gasteiger partial charge in [0.1, 0.15) is 0 Å². The highest BCUT2D eigenvalue weighted by Crippen LogP contribution is 2.68. The van der Waals surface area contributed by atoms with Crippen LogP contribution in [0.4, 0.5) is 5.69 Å². The molecule has 0 amide bonds. The molecule has 55 heavy (non-hydrogen) atoms. The largest absolute Gasteiger partial charge is 0.467 e. The van der Waals surface area contributed by atoms with Gasteiger partial charge in [-0.2, -0.15) is 0 Å². The Morgan fingerprint density at radius 3 is 2.55 bits per heavy atom. The van der Waals surface area contributed by atoms with Gasteiger partial charge in [0.05, 0.1) is 18.8 Å². The van der Waals surface area contributed by atoms with Crippen molar-refractivity contribution in [2.75, 3.05) is 51.8 Å². The van der Waals surface area contributed by atoms with Crippen LogP contribution in [-0.4, -0.2) is 113 Å². The Labute approximate surface area is 324 Å². The molecule has 10 atom stereocenters. The molecule has 9 rings (SSSR count). The van der Waals surface area contributed by atoms with Crippen LogP contribution in [0.2, 0.25) is 0 Å². The number of nitrogens with zero attached hydrogens (tertiary/aromatic N) is 3. The molecule has 3 aromatic rings. The molecule has 3 fully saturated rings. The Bertz CT molecular complexity index is 2110. The first-order valence-electron chi connectivity index (χ1n) is 20.5. The molecule has 1 spiro atoms. The number of benzene rings is 2. The maximum Gasteiger partial charge on any atom is 0.344 e. The molecule has 1 aliphatic carbocycles. The van der Waals surface area contributed by atoms with Crippen LogP contribution in [0.25, 0.3) is 10.9 Å². The van der Waals surface area contributed by atoms with Crippen LogP contribution in [0.1, 0.15) is 87.7 Å². The van der Waals surface area contributed by atoms with Crippen molar-refractivity contribution >= 4 is 28.5 Å². The molecule has 0 radical (unpaired) electrons. The van der Waals surface area contributed by atoms with E-state index in [2.05, 4.69) is 95.9 Å². The lowest BCUT2D eigenvalue weighted by Gasteiger charge is -2.63. The quantitative estimate of drug-likeness (QED) is 0.241. The van der Waals surface area contributed by atoms with E-state index in [1.807, 2.05) is 7.05 Å². The summed E-state index contributed by atoms with van der Waals surface area (Å²) in [6.07, 6.45) is 7.61. The lowest BCUT2D eigenvalue weighted by Crippen LogP contribution is -2.81. The normalized spacial score (nSPS) is 39.0. The third-order valence-electron chi connectivity index (χ3n) is 15.5. The van der Waals surface area contributed by atoms with E-state index in [0.717, 1.165) is 80.6 Å². The number of fused-ring (bicyclic) bond motifs is 6. The first kappa shape index (κ1) is 36.9. The lowest BCUT2D eigenvalue weighted by molar-refractivity contribution is -0.228. The van der Waals surface area contributed by atoms with Crippen molar-refractivity contribution < 1.29 is 29.3 Å². The third kappa shape index (κ3) is 4.80. The van der Waals surface area contributed by atoms with Crippen molar-refractivity contribution in [3.05, 3.63) is 76.5 Å². The molecule has 5 aliphatic heterocycles. The third-order valence-corrected chi connectivity index (χ3v) is 15.5. The highest BCUT2D eigenvalue weighted by molar-refractivity contribution is 5.88. The number of nitrogens with one attached hydrogen (secondary N) is 1. The number of likely N-dealkylation sites (N-methyl/N-ethyl adjacent to an activating group) is 1. The second-order valence-corrected chi connectivity index (χ2v) is 18.3. The number of methoxy groups -OCH3 is 1. The van der Waals surface area contributed by atoms with Gasteiger partial charge < -0.3 is 29.6 Å². The summed E-state index contributed by atoms with van der Waals surface area (Å²) in [6, 6.07) is 12.5. The van der Waals surface area contributed by atoms with Gasteiger partial charge in [0.25, 0.3) is 0 Å². The molecule has 6 heterocycles. The summed E-state index contributed by atoms with van der Waals surface area (Å²) in [5.74, 6) is -1.05. The Balaban J connectivity index is 1.30. The number of anilines is 1. The number of esters is 2. The van der Waals surface area contributed by atoms with E-state index in [4.69, 9.17) is 9.47 Å². The van der Waals surface area contributed by atoms with Gasteiger partial charge in [0.2, 0.25) is 5.60 Å². The molecule has 2 bridgehead atoms. The average molecular weight is 751 g/mol. The average Bonchev–Trinajstić information content (AvgIpc) is 3.82. The molecular weight excluding hydrogens is 693 g/mol. The van der Waals surface area contributed by atoms with Gasteiger partial charge in [-0.1, -0.05) is 50.3 Å². The van der Waals surface area contributed by atoms with Gasteiger partial charge in [-0.25, -0.2) is 4.79 Å². The Morgan fingerprint density at radius 1 is 1.04 bits per heavy atom. The van der Waals surface area contributed by atoms with Crippen molar-refractivity contribution in [2.24, 2.45) is 11.3 Å². The molecular formula is C45H58N4O6. The van der Waals surface area contributed by atoms with E-state index in [1.165, 1.54) is 36.2 Å². The smallest absolute Gasteiger partial charge is 0.344 e. The van der Waals surface area contributed by atoms with Crippen molar-refractivity contribution in [1.29, 1.82) is 0 Å².